The van der Waals surface area contributed by atoms with E-state index in [2.05, 4.69) is 16.0 Å². The van der Waals surface area contributed by atoms with Crippen LogP contribution in [0.1, 0.15) is 155 Å². The zero-order valence-corrected chi connectivity index (χ0v) is 40.9. The first-order valence-electron chi connectivity index (χ1n) is 21.3. The second-order valence-corrected chi connectivity index (χ2v) is 21.5. The van der Waals surface area contributed by atoms with Crippen molar-refractivity contribution in [2.24, 2.45) is 0 Å². The van der Waals surface area contributed by atoms with Crippen molar-refractivity contribution in [2.75, 3.05) is 0 Å². The molecule has 0 spiro atoms. The number of amides is 3. The number of rotatable bonds is 16. The van der Waals surface area contributed by atoms with Gasteiger partial charge in [-0.25, -0.2) is 28.8 Å². The first kappa shape index (κ1) is 56.1. The fourth-order valence-corrected chi connectivity index (χ4v) is 5.63. The Balaban J connectivity index is 3.76. The monoisotopic (exact) mass is 898 g/mol. The fraction of sp³-hybridized carbons (Fsp3) is 0.756. The molecule has 5 N–H and O–H groups in total. The van der Waals surface area contributed by atoms with E-state index in [1.54, 1.807) is 131 Å². The predicted octanol–water partition coefficient (Wildman–Crippen LogP) is 6.00. The Morgan fingerprint density at radius 2 is 0.841 bits per heavy atom. The summed E-state index contributed by atoms with van der Waals surface area (Å²) in [5, 5.41) is 30.6. The highest BCUT2D eigenvalue weighted by Crippen LogP contribution is 2.25. The SMILES string of the molecule is CC(C)(C)OC(=O)N[C@@H](CCc1c[n+](C[C@H](O)CC[C@H](NC(=O)OC(C)(C)C)C(=O)OC(C)(C)C)cc(O)c1C[C@H](NC(=O)OC(C)(C)C)C(=O)OC(C)(C)C)C(=O)OC(C)(C)C. The van der Waals surface area contributed by atoms with Gasteiger partial charge in [-0.05, 0) is 150 Å². The molecule has 0 bridgehead atoms. The van der Waals surface area contributed by atoms with Crippen LogP contribution >= 0.6 is 0 Å². The van der Waals surface area contributed by atoms with E-state index < -0.39 is 94.0 Å². The number of alkyl carbamates (subject to hydrolysis) is 3. The number of aliphatic hydroxyl groups is 1. The molecule has 4 atom stereocenters. The molecule has 0 aliphatic rings. The number of nitrogens with one attached hydrogen (secondary N) is 3. The molecule has 0 aliphatic carbocycles. The molecule has 1 aromatic rings. The minimum absolute atomic E-state index is 0.0203. The lowest BCUT2D eigenvalue weighted by Gasteiger charge is -2.27. The minimum atomic E-state index is -1.37. The average molecular weight is 898 g/mol. The van der Waals surface area contributed by atoms with Gasteiger partial charge in [0.2, 0.25) is 6.20 Å². The number of aromatic nitrogens is 1. The maximum Gasteiger partial charge on any atom is 0.408 e. The highest BCUT2D eigenvalue weighted by atomic mass is 16.6. The summed E-state index contributed by atoms with van der Waals surface area (Å²) < 4.78 is 34.5. The number of aryl methyl sites for hydroxylation is 1. The largest absolute Gasteiger partial charge is 0.503 e. The summed E-state index contributed by atoms with van der Waals surface area (Å²) in [6.07, 6.45) is -1.35. The highest BCUT2D eigenvalue weighted by Gasteiger charge is 2.35. The topological polar surface area (TPSA) is 238 Å². The molecule has 0 saturated heterocycles. The molecule has 3 amide bonds. The number of ether oxygens (including phenoxy) is 6. The molecule has 0 aromatic carbocycles. The Labute approximate surface area is 373 Å². The number of aromatic hydroxyl groups is 1. The van der Waals surface area contributed by atoms with Crippen LogP contribution in [0.2, 0.25) is 0 Å². The number of carbonyl (C=O) groups is 6. The maximum atomic E-state index is 13.6. The predicted molar refractivity (Wildman–Crippen MR) is 233 cm³/mol. The summed E-state index contributed by atoms with van der Waals surface area (Å²) in [4.78, 5) is 78.9. The van der Waals surface area contributed by atoms with Crippen LogP contribution in [0.3, 0.4) is 0 Å². The van der Waals surface area contributed by atoms with E-state index in [4.69, 9.17) is 28.4 Å². The van der Waals surface area contributed by atoms with E-state index >= 15 is 0 Å². The molecule has 0 fully saturated rings. The van der Waals surface area contributed by atoms with E-state index in [0.717, 1.165) is 0 Å². The number of esters is 3. The van der Waals surface area contributed by atoms with Gasteiger partial charge in [-0.1, -0.05) is 0 Å². The van der Waals surface area contributed by atoms with Crippen LogP contribution in [0, 0.1) is 0 Å². The van der Waals surface area contributed by atoms with Gasteiger partial charge in [-0.2, -0.15) is 4.57 Å². The molecule has 18 nitrogen and oxygen atoms in total. The van der Waals surface area contributed by atoms with Crippen LogP contribution in [0.4, 0.5) is 14.4 Å². The summed E-state index contributed by atoms with van der Waals surface area (Å²) >= 11 is 0. The van der Waals surface area contributed by atoms with E-state index in [-0.39, 0.29) is 50.0 Å². The van der Waals surface area contributed by atoms with Crippen LogP contribution in [-0.4, -0.2) is 104 Å². The third-order valence-corrected chi connectivity index (χ3v) is 7.77. The Hall–Kier alpha value is -4.87. The van der Waals surface area contributed by atoms with Gasteiger partial charge in [0.15, 0.2) is 18.5 Å². The first-order chi connectivity index (χ1) is 28.2. The summed E-state index contributed by atoms with van der Waals surface area (Å²) in [5.74, 6) is -2.64. The van der Waals surface area contributed by atoms with Crippen LogP contribution in [0.5, 0.6) is 5.75 Å². The number of hydrogen-bond acceptors (Lipinski definition) is 14. The molecule has 1 rings (SSSR count). The Morgan fingerprint density at radius 1 is 0.508 bits per heavy atom. The lowest BCUT2D eigenvalue weighted by molar-refractivity contribution is -0.704. The van der Waals surface area contributed by atoms with Crippen molar-refractivity contribution in [3.05, 3.63) is 23.5 Å². The van der Waals surface area contributed by atoms with Crippen molar-refractivity contribution < 1.29 is 72.0 Å². The van der Waals surface area contributed by atoms with Gasteiger partial charge in [-0.3, -0.25) is 0 Å². The molecule has 18 heteroatoms. The second kappa shape index (κ2) is 22.2. The van der Waals surface area contributed by atoms with Crippen LogP contribution in [0.25, 0.3) is 0 Å². The van der Waals surface area contributed by atoms with E-state index in [0.29, 0.717) is 5.56 Å². The van der Waals surface area contributed by atoms with Crippen LogP contribution in [-0.2, 0) is 62.2 Å². The summed E-state index contributed by atoms with van der Waals surface area (Å²) in [5.41, 5.74) is -4.84. The van der Waals surface area contributed by atoms with Gasteiger partial charge in [0.05, 0.1) is 0 Å². The molecule has 0 radical (unpaired) electrons. The van der Waals surface area contributed by atoms with Crippen LogP contribution < -0.4 is 20.5 Å². The van der Waals surface area contributed by atoms with Crippen LogP contribution in [0.15, 0.2) is 12.4 Å². The minimum Gasteiger partial charge on any atom is -0.503 e. The van der Waals surface area contributed by atoms with Gasteiger partial charge in [0, 0.05) is 17.5 Å². The summed E-state index contributed by atoms with van der Waals surface area (Å²) in [6.45, 7) is 29.9. The third kappa shape index (κ3) is 25.1. The van der Waals surface area contributed by atoms with Crippen molar-refractivity contribution in [3.63, 3.8) is 0 Å². The quantitative estimate of drug-likeness (QED) is 0.0727. The second-order valence-electron chi connectivity index (χ2n) is 21.5. The molecular weight excluding hydrogens is 821 g/mol. The lowest BCUT2D eigenvalue weighted by Crippen LogP contribution is -2.48. The van der Waals surface area contributed by atoms with E-state index in [1.165, 1.54) is 10.8 Å². The first-order valence-corrected chi connectivity index (χ1v) is 21.3. The van der Waals surface area contributed by atoms with Crippen molar-refractivity contribution in [1.82, 2.24) is 16.0 Å². The summed E-state index contributed by atoms with van der Waals surface area (Å²) in [7, 11) is 0. The van der Waals surface area contributed by atoms with Crippen molar-refractivity contribution in [3.8, 4) is 5.75 Å². The Bertz CT molecular complexity index is 1740. The molecule has 0 saturated carbocycles. The van der Waals surface area contributed by atoms with Crippen molar-refractivity contribution >= 4 is 36.2 Å². The van der Waals surface area contributed by atoms with Crippen molar-refractivity contribution in [2.45, 2.75) is 221 Å². The van der Waals surface area contributed by atoms with Gasteiger partial charge >= 0.3 is 36.2 Å². The molecule has 0 unspecified atom stereocenters. The van der Waals surface area contributed by atoms with Gasteiger partial charge in [0.25, 0.3) is 0 Å². The molecular formula is C45H77N4O14+. The molecule has 0 aliphatic heterocycles. The summed E-state index contributed by atoms with van der Waals surface area (Å²) in [6, 6.07) is -3.78. The number of pyridine rings is 1. The van der Waals surface area contributed by atoms with Gasteiger partial charge < -0.3 is 54.6 Å². The van der Waals surface area contributed by atoms with Crippen molar-refractivity contribution in [1.29, 1.82) is 0 Å². The number of hydrogen-bond donors (Lipinski definition) is 5. The zero-order chi connectivity index (χ0) is 49.1. The number of nitrogens with zero attached hydrogens (tertiary/aromatic N) is 1. The molecule has 63 heavy (non-hydrogen) atoms. The molecule has 1 aromatic heterocycles. The molecule has 360 valence electrons. The normalized spacial score (nSPS) is 14.5. The van der Waals surface area contributed by atoms with E-state index in [9.17, 15) is 39.0 Å². The number of aliphatic hydroxyl groups excluding tert-OH is 1. The average Bonchev–Trinajstić information content (AvgIpc) is 3.00. The Kier molecular flexibility index (Phi) is 19.7. The maximum absolute atomic E-state index is 13.6. The smallest absolute Gasteiger partial charge is 0.408 e. The fourth-order valence-electron chi connectivity index (χ4n) is 5.63. The highest BCUT2D eigenvalue weighted by molar-refractivity contribution is 5.83. The standard InChI is InChI=1S/C45H76N4O14/c1-40(2,3)58-34(52)30(46-37(55)61-43(10,11)12)21-19-27-24-49(25-28(50)20-22-31(35(53)59-41(4,5)6)47-38(56)62-44(13,14)15)26-33(51)29(27)23-32(36(54)60-42(7,8)9)48-39(57)63-45(16,17)18/h24,26,28,30-32,50H,19-23,25H2,1-18H3,(H3-,46,47,48,51,55,56,57)/p+1/t28-,30+,31+,32+/m1/s1. The zero-order valence-electron chi connectivity index (χ0n) is 40.9. The Morgan fingerprint density at radius 3 is 1.21 bits per heavy atom. The third-order valence-electron chi connectivity index (χ3n) is 7.77. The van der Waals surface area contributed by atoms with Gasteiger partial charge in [0.1, 0.15) is 57.8 Å². The van der Waals surface area contributed by atoms with Gasteiger partial charge in [-0.15, -0.1) is 0 Å². The number of carbonyl (C=O) groups excluding carboxylic acids is 6. The lowest BCUT2D eigenvalue weighted by atomic mass is 9.96. The van der Waals surface area contributed by atoms with E-state index in [1.807, 2.05) is 0 Å². The molecule has 1 heterocycles.